The molecule has 0 spiro atoms. The number of halogens is 3. The number of aromatic nitrogens is 1. The second-order valence-electron chi connectivity index (χ2n) is 8.67. The Labute approximate surface area is 182 Å². The average Bonchev–Trinajstić information content (AvgIpc) is 3.32. The van der Waals surface area contributed by atoms with E-state index in [0.717, 1.165) is 24.5 Å². The van der Waals surface area contributed by atoms with Crippen LogP contribution in [-0.4, -0.2) is 29.4 Å². The lowest BCUT2D eigenvalue weighted by Crippen LogP contribution is -2.44. The van der Waals surface area contributed by atoms with E-state index in [1.165, 1.54) is 18.2 Å². The van der Waals surface area contributed by atoms with Gasteiger partial charge in [0, 0.05) is 24.4 Å². The van der Waals surface area contributed by atoms with Crippen molar-refractivity contribution in [3.63, 3.8) is 0 Å². The summed E-state index contributed by atoms with van der Waals surface area (Å²) in [5.41, 5.74) is 2.40. The zero-order valence-corrected chi connectivity index (χ0v) is 17.2. The molecular weight excluding hydrogens is 419 g/mol. The van der Waals surface area contributed by atoms with E-state index in [-0.39, 0.29) is 35.0 Å². The fraction of sp³-hybridized carbons (Fsp3) is 0.333. The van der Waals surface area contributed by atoms with Crippen LogP contribution in [0.2, 0.25) is 0 Å². The molecule has 1 saturated heterocycles. The first-order valence-corrected chi connectivity index (χ1v) is 10.7. The summed E-state index contributed by atoms with van der Waals surface area (Å²) in [6.45, 7) is 0.485. The number of fused-ring (bicyclic) bond motifs is 1. The first-order valence-electron chi connectivity index (χ1n) is 10.7. The Kier molecular flexibility index (Phi) is 5.15. The summed E-state index contributed by atoms with van der Waals surface area (Å²) in [5.74, 6) is -1.70. The number of H-pyrrole nitrogens is 1. The van der Waals surface area contributed by atoms with Gasteiger partial charge in [-0.2, -0.15) is 0 Å². The molecule has 1 atom stereocenters. The highest BCUT2D eigenvalue weighted by atomic mass is 19.1. The van der Waals surface area contributed by atoms with Crippen LogP contribution in [0.25, 0.3) is 22.2 Å². The van der Waals surface area contributed by atoms with Gasteiger partial charge >= 0.3 is 0 Å². The Morgan fingerprint density at radius 2 is 1.81 bits per heavy atom. The van der Waals surface area contributed by atoms with E-state index < -0.39 is 17.7 Å². The fourth-order valence-electron chi connectivity index (χ4n) is 4.83. The number of carbonyl (C=O) groups excluding carboxylic acids is 2. The largest absolute Gasteiger partial charge is 0.354 e. The Morgan fingerprint density at radius 3 is 2.50 bits per heavy atom. The van der Waals surface area contributed by atoms with Crippen molar-refractivity contribution in [1.82, 2.24) is 15.6 Å². The van der Waals surface area contributed by atoms with Crippen molar-refractivity contribution in [2.45, 2.75) is 37.6 Å². The molecule has 1 unspecified atom stereocenters. The van der Waals surface area contributed by atoms with Gasteiger partial charge in [-0.15, -0.1) is 0 Å². The second kappa shape index (κ2) is 8.00. The molecule has 1 aliphatic heterocycles. The summed E-state index contributed by atoms with van der Waals surface area (Å²) in [5, 5.41) is 6.04. The molecular formula is C24H22F3N3O2. The van der Waals surface area contributed by atoms with Gasteiger partial charge < -0.3 is 15.6 Å². The number of amides is 2. The van der Waals surface area contributed by atoms with Crippen molar-refractivity contribution >= 4 is 22.7 Å². The summed E-state index contributed by atoms with van der Waals surface area (Å²) >= 11 is 0. The maximum Gasteiger partial charge on any atom is 0.242 e. The van der Waals surface area contributed by atoms with E-state index in [0.29, 0.717) is 36.0 Å². The molecule has 5 rings (SSSR count). The first-order chi connectivity index (χ1) is 15.4. The Morgan fingerprint density at radius 1 is 1.06 bits per heavy atom. The lowest BCUT2D eigenvalue weighted by Gasteiger charge is -2.36. The summed E-state index contributed by atoms with van der Waals surface area (Å²) in [7, 11) is 0. The standard InChI is InChI=1S/C24H22F3N3O2/c25-15-3-1-13(2-4-15)22-21(17-9-16(26)10-18(27)23(17)30-22)14-7-12(8-14)11-28-24(32)19-5-6-20(31)29-19/h1-4,9-10,12,14,19,30H,5-8,11H2,(H,28,32)(H,29,31). The predicted octanol–water partition coefficient (Wildman–Crippen LogP) is 4.14. The van der Waals surface area contributed by atoms with E-state index >= 15 is 0 Å². The van der Waals surface area contributed by atoms with Crippen LogP contribution in [-0.2, 0) is 9.59 Å². The first kappa shape index (κ1) is 20.6. The van der Waals surface area contributed by atoms with Crippen molar-refractivity contribution in [3.8, 4) is 11.3 Å². The Balaban J connectivity index is 1.36. The van der Waals surface area contributed by atoms with Gasteiger partial charge in [0.15, 0.2) is 0 Å². The summed E-state index contributed by atoms with van der Waals surface area (Å²) in [6.07, 6.45) is 2.36. The van der Waals surface area contributed by atoms with Crippen molar-refractivity contribution in [3.05, 3.63) is 59.4 Å². The van der Waals surface area contributed by atoms with Crippen molar-refractivity contribution in [2.75, 3.05) is 6.54 Å². The van der Waals surface area contributed by atoms with Gasteiger partial charge in [0.2, 0.25) is 11.8 Å². The third-order valence-corrected chi connectivity index (χ3v) is 6.52. The molecule has 3 N–H and O–H groups in total. The van der Waals surface area contributed by atoms with Crippen LogP contribution in [0.15, 0.2) is 36.4 Å². The number of rotatable bonds is 5. The fourth-order valence-corrected chi connectivity index (χ4v) is 4.83. The van der Waals surface area contributed by atoms with Crippen LogP contribution >= 0.6 is 0 Å². The zero-order chi connectivity index (χ0) is 22.4. The van der Waals surface area contributed by atoms with Gasteiger partial charge in [0.05, 0.1) is 11.2 Å². The van der Waals surface area contributed by atoms with Gasteiger partial charge in [-0.3, -0.25) is 9.59 Å². The van der Waals surface area contributed by atoms with Gasteiger partial charge in [-0.05, 0) is 72.6 Å². The molecule has 1 aliphatic carbocycles. The summed E-state index contributed by atoms with van der Waals surface area (Å²) < 4.78 is 41.9. The average molecular weight is 441 g/mol. The number of aromatic amines is 1. The van der Waals surface area contributed by atoms with Crippen molar-refractivity contribution in [2.24, 2.45) is 5.92 Å². The van der Waals surface area contributed by atoms with Crippen LogP contribution in [0, 0.1) is 23.4 Å². The van der Waals surface area contributed by atoms with E-state index in [9.17, 15) is 22.8 Å². The number of nitrogens with one attached hydrogen (secondary N) is 3. The molecule has 166 valence electrons. The van der Waals surface area contributed by atoms with Crippen LogP contribution < -0.4 is 10.6 Å². The molecule has 1 aromatic heterocycles. The highest BCUT2D eigenvalue weighted by molar-refractivity contribution is 5.92. The zero-order valence-electron chi connectivity index (χ0n) is 17.2. The van der Waals surface area contributed by atoms with Gasteiger partial charge in [0.1, 0.15) is 23.5 Å². The molecule has 0 bridgehead atoms. The van der Waals surface area contributed by atoms with Crippen LogP contribution in [0.1, 0.15) is 37.2 Å². The Hall–Kier alpha value is -3.29. The minimum atomic E-state index is -0.670. The van der Waals surface area contributed by atoms with Crippen LogP contribution in [0.4, 0.5) is 13.2 Å². The lowest BCUT2D eigenvalue weighted by molar-refractivity contribution is -0.126. The normalized spacial score (nSPS) is 22.6. The molecule has 2 amide bonds. The molecule has 32 heavy (non-hydrogen) atoms. The summed E-state index contributed by atoms with van der Waals surface area (Å²) in [4.78, 5) is 26.6. The molecule has 8 heteroatoms. The third-order valence-electron chi connectivity index (χ3n) is 6.52. The molecule has 2 aromatic carbocycles. The predicted molar refractivity (Wildman–Crippen MR) is 113 cm³/mol. The van der Waals surface area contributed by atoms with E-state index in [2.05, 4.69) is 15.6 Å². The Bertz CT molecular complexity index is 1200. The van der Waals surface area contributed by atoms with Crippen LogP contribution in [0.5, 0.6) is 0 Å². The summed E-state index contributed by atoms with van der Waals surface area (Å²) in [6, 6.07) is 7.61. The van der Waals surface area contributed by atoms with Gasteiger partial charge in [0.25, 0.3) is 0 Å². The number of benzene rings is 2. The number of carbonyl (C=O) groups is 2. The second-order valence-corrected chi connectivity index (χ2v) is 8.67. The van der Waals surface area contributed by atoms with E-state index in [1.807, 2.05) is 0 Å². The topological polar surface area (TPSA) is 74.0 Å². The van der Waals surface area contributed by atoms with E-state index in [1.54, 1.807) is 12.1 Å². The van der Waals surface area contributed by atoms with E-state index in [4.69, 9.17) is 0 Å². The van der Waals surface area contributed by atoms with Crippen molar-refractivity contribution in [1.29, 1.82) is 0 Å². The highest BCUT2D eigenvalue weighted by Crippen LogP contribution is 2.48. The molecule has 2 aliphatic rings. The molecule has 2 fully saturated rings. The number of hydrogen-bond acceptors (Lipinski definition) is 2. The maximum atomic E-state index is 14.5. The smallest absolute Gasteiger partial charge is 0.242 e. The lowest BCUT2D eigenvalue weighted by atomic mass is 9.70. The monoisotopic (exact) mass is 441 g/mol. The molecule has 3 aromatic rings. The van der Waals surface area contributed by atoms with Gasteiger partial charge in [-0.1, -0.05) is 0 Å². The van der Waals surface area contributed by atoms with Gasteiger partial charge in [-0.25, -0.2) is 13.2 Å². The van der Waals surface area contributed by atoms with Crippen LogP contribution in [0.3, 0.4) is 0 Å². The quantitative estimate of drug-likeness (QED) is 0.557. The van der Waals surface area contributed by atoms with Crippen molar-refractivity contribution < 1.29 is 22.8 Å². The molecule has 0 radical (unpaired) electrons. The minimum Gasteiger partial charge on any atom is -0.354 e. The minimum absolute atomic E-state index is 0.0538. The molecule has 1 saturated carbocycles. The number of hydrogen-bond donors (Lipinski definition) is 3. The molecule has 5 nitrogen and oxygen atoms in total. The maximum absolute atomic E-state index is 14.5. The molecule has 2 heterocycles. The third kappa shape index (κ3) is 3.74. The SMILES string of the molecule is O=C1CCC(C(=O)NCC2CC(c3c(-c4ccc(F)cc4)[nH]c4c(F)cc(F)cc34)C2)N1. The highest BCUT2D eigenvalue weighted by Gasteiger charge is 2.35.